The first kappa shape index (κ1) is 26.4. The molecule has 5 aromatic rings. The minimum Gasteiger partial charge on any atom is -0.275 e. The molecule has 0 bridgehead atoms. The highest BCUT2D eigenvalue weighted by atomic mass is 15.3. The fourth-order valence-electron chi connectivity index (χ4n) is 5.03. The molecule has 0 N–H and O–H groups in total. The molecule has 0 radical (unpaired) electrons. The van der Waals surface area contributed by atoms with Gasteiger partial charge in [-0.25, -0.2) is 0 Å². The highest BCUT2D eigenvalue weighted by molar-refractivity contribution is 5.71. The molecule has 0 aliphatic carbocycles. The van der Waals surface area contributed by atoms with E-state index >= 15 is 0 Å². The zero-order valence-electron chi connectivity index (χ0n) is 22.9. The van der Waals surface area contributed by atoms with Gasteiger partial charge < -0.3 is 0 Å². The molecule has 0 unspecified atom stereocenters. The molecule has 196 valence electrons. The van der Waals surface area contributed by atoms with Gasteiger partial charge in [-0.3, -0.25) is 4.57 Å². The summed E-state index contributed by atoms with van der Waals surface area (Å²) in [6.45, 7) is 6.12. The Bertz CT molecular complexity index is 1460. The van der Waals surface area contributed by atoms with Crippen molar-refractivity contribution in [2.75, 3.05) is 0 Å². The van der Waals surface area contributed by atoms with Gasteiger partial charge in [-0.05, 0) is 47.2 Å². The average molecular weight is 512 g/mol. The molecule has 3 nitrogen and oxygen atoms in total. The molecule has 4 aromatic carbocycles. The molecular weight excluding hydrogens is 474 g/mol. The molecule has 5 rings (SSSR count). The Hall–Kier alpha value is -4.24. The average Bonchev–Trinajstić information content (AvgIpc) is 3.45. The minimum atomic E-state index is 0.834. The summed E-state index contributed by atoms with van der Waals surface area (Å²) in [6.07, 6.45) is 10.9. The van der Waals surface area contributed by atoms with Gasteiger partial charge in [0.1, 0.15) is 0 Å². The summed E-state index contributed by atoms with van der Waals surface area (Å²) in [5.74, 6) is 1.69. The van der Waals surface area contributed by atoms with Gasteiger partial charge in [0.25, 0.3) is 0 Å². The van der Waals surface area contributed by atoms with Crippen molar-refractivity contribution < 1.29 is 0 Å². The fourth-order valence-corrected chi connectivity index (χ4v) is 5.03. The number of rotatable bonds is 12. The molecular formula is C36H37N3. The second-order valence-electron chi connectivity index (χ2n) is 10.1. The molecule has 0 saturated carbocycles. The van der Waals surface area contributed by atoms with Crippen LogP contribution in [0.4, 0.5) is 0 Å². The van der Waals surface area contributed by atoms with Gasteiger partial charge >= 0.3 is 0 Å². The topological polar surface area (TPSA) is 30.7 Å². The number of benzene rings is 4. The molecule has 0 aliphatic heterocycles. The molecule has 0 atom stereocenters. The van der Waals surface area contributed by atoms with Gasteiger partial charge in [-0.2, -0.15) is 0 Å². The lowest BCUT2D eigenvalue weighted by molar-refractivity contribution is 0.607. The number of hydrogen-bond donors (Lipinski definition) is 0. The standard InChI is InChI=1S/C36H37N3/c1-3-5-6-7-8-10-13-29-18-22-32(23-19-29)35-37-38-36(39(35)34-14-11-9-12-15-34)33-26-24-31(25-27-33)30-20-16-28(4-2)17-21-30/h4,9,11-12,14-27H,2-3,5-8,10,13H2,1H3. The second kappa shape index (κ2) is 13.0. The van der Waals surface area contributed by atoms with Crippen molar-refractivity contribution in [3.63, 3.8) is 0 Å². The Labute approximate surface area is 232 Å². The molecule has 0 fully saturated rings. The summed E-state index contributed by atoms with van der Waals surface area (Å²) in [4.78, 5) is 0. The van der Waals surface area contributed by atoms with Crippen LogP contribution in [0.15, 0.2) is 110 Å². The number of para-hydroxylation sites is 1. The van der Waals surface area contributed by atoms with Crippen LogP contribution in [0.25, 0.3) is 45.7 Å². The van der Waals surface area contributed by atoms with E-state index in [4.69, 9.17) is 0 Å². The molecule has 0 spiro atoms. The molecule has 3 heteroatoms. The summed E-state index contributed by atoms with van der Waals surface area (Å²) < 4.78 is 2.16. The number of hydrogen-bond acceptors (Lipinski definition) is 2. The van der Waals surface area contributed by atoms with Crippen LogP contribution in [0.1, 0.15) is 56.6 Å². The lowest BCUT2D eigenvalue weighted by Gasteiger charge is -2.12. The summed E-state index contributed by atoms with van der Waals surface area (Å²) in [6, 6.07) is 36.3. The molecule has 0 aliphatic rings. The zero-order valence-corrected chi connectivity index (χ0v) is 22.9. The first-order valence-corrected chi connectivity index (χ1v) is 14.2. The van der Waals surface area contributed by atoms with Crippen LogP contribution >= 0.6 is 0 Å². The Morgan fingerprint density at radius 2 is 1.10 bits per heavy atom. The largest absolute Gasteiger partial charge is 0.275 e. The molecule has 0 amide bonds. The molecule has 1 aromatic heterocycles. The number of aryl methyl sites for hydroxylation is 1. The normalized spacial score (nSPS) is 11.0. The maximum Gasteiger partial charge on any atom is 0.168 e. The summed E-state index contributed by atoms with van der Waals surface area (Å²) in [7, 11) is 0. The fraction of sp³-hybridized carbons (Fsp3) is 0.222. The predicted molar refractivity (Wildman–Crippen MR) is 165 cm³/mol. The first-order valence-electron chi connectivity index (χ1n) is 14.2. The van der Waals surface area contributed by atoms with Crippen LogP contribution < -0.4 is 0 Å². The van der Waals surface area contributed by atoms with Gasteiger partial charge in [0, 0.05) is 16.8 Å². The maximum absolute atomic E-state index is 4.68. The van der Waals surface area contributed by atoms with Crippen molar-refractivity contribution in [3.05, 3.63) is 121 Å². The lowest BCUT2D eigenvalue weighted by Crippen LogP contribution is -2.00. The van der Waals surface area contributed by atoms with E-state index in [1.165, 1.54) is 55.2 Å². The highest BCUT2D eigenvalue weighted by Crippen LogP contribution is 2.30. The third-order valence-electron chi connectivity index (χ3n) is 7.33. The third kappa shape index (κ3) is 6.43. The van der Waals surface area contributed by atoms with Crippen molar-refractivity contribution in [2.24, 2.45) is 0 Å². The number of unbranched alkanes of at least 4 members (excludes halogenated alkanes) is 5. The van der Waals surface area contributed by atoms with E-state index in [2.05, 4.69) is 125 Å². The van der Waals surface area contributed by atoms with Gasteiger partial charge in [0.15, 0.2) is 11.6 Å². The number of nitrogens with zero attached hydrogens (tertiary/aromatic N) is 3. The Balaban J connectivity index is 1.40. The van der Waals surface area contributed by atoms with Gasteiger partial charge in [0.05, 0.1) is 0 Å². The molecule has 1 heterocycles. The third-order valence-corrected chi connectivity index (χ3v) is 7.33. The van der Waals surface area contributed by atoms with Crippen LogP contribution in [-0.2, 0) is 6.42 Å². The SMILES string of the molecule is C=Cc1ccc(-c2ccc(-c3nnc(-c4ccc(CCCCCCCC)cc4)n3-c3ccccc3)cc2)cc1. The monoisotopic (exact) mass is 511 g/mol. The Kier molecular flexibility index (Phi) is 8.80. The molecule has 39 heavy (non-hydrogen) atoms. The maximum atomic E-state index is 4.68. The van der Waals surface area contributed by atoms with Crippen LogP contribution in [0.3, 0.4) is 0 Å². The van der Waals surface area contributed by atoms with E-state index in [-0.39, 0.29) is 0 Å². The predicted octanol–water partition coefficient (Wildman–Crippen LogP) is 9.81. The van der Waals surface area contributed by atoms with E-state index in [0.717, 1.165) is 40.4 Å². The van der Waals surface area contributed by atoms with Gasteiger partial charge in [-0.15, -0.1) is 10.2 Å². The van der Waals surface area contributed by atoms with Crippen molar-refractivity contribution in [1.82, 2.24) is 14.8 Å². The summed E-state index contributed by atoms with van der Waals surface area (Å²) in [5, 5.41) is 9.35. The van der Waals surface area contributed by atoms with Crippen LogP contribution in [-0.4, -0.2) is 14.8 Å². The van der Waals surface area contributed by atoms with Crippen molar-refractivity contribution in [1.29, 1.82) is 0 Å². The summed E-state index contributed by atoms with van der Waals surface area (Å²) >= 11 is 0. The van der Waals surface area contributed by atoms with Crippen LogP contribution in [0, 0.1) is 0 Å². The van der Waals surface area contributed by atoms with Crippen LogP contribution in [0.5, 0.6) is 0 Å². The van der Waals surface area contributed by atoms with E-state index < -0.39 is 0 Å². The van der Waals surface area contributed by atoms with E-state index in [1.54, 1.807) is 0 Å². The van der Waals surface area contributed by atoms with Gasteiger partial charge in [-0.1, -0.05) is 143 Å². The Morgan fingerprint density at radius 3 is 1.69 bits per heavy atom. The lowest BCUT2D eigenvalue weighted by atomic mass is 10.0. The zero-order chi connectivity index (χ0) is 26.9. The van der Waals surface area contributed by atoms with Crippen molar-refractivity contribution in [2.45, 2.75) is 51.9 Å². The second-order valence-corrected chi connectivity index (χ2v) is 10.1. The number of aromatic nitrogens is 3. The highest BCUT2D eigenvalue weighted by Gasteiger charge is 2.17. The quantitative estimate of drug-likeness (QED) is 0.156. The minimum absolute atomic E-state index is 0.834. The van der Waals surface area contributed by atoms with Crippen molar-refractivity contribution >= 4 is 6.08 Å². The van der Waals surface area contributed by atoms with Gasteiger partial charge in [0.2, 0.25) is 0 Å². The van der Waals surface area contributed by atoms with Crippen LogP contribution in [0.2, 0.25) is 0 Å². The van der Waals surface area contributed by atoms with Crippen molar-refractivity contribution in [3.8, 4) is 39.6 Å². The van der Waals surface area contributed by atoms with E-state index in [0.29, 0.717) is 0 Å². The Morgan fingerprint density at radius 1 is 0.590 bits per heavy atom. The summed E-state index contributed by atoms with van der Waals surface area (Å²) in [5.41, 5.74) is 8.01. The molecule has 0 saturated heterocycles. The van der Waals surface area contributed by atoms with E-state index in [9.17, 15) is 0 Å². The first-order chi connectivity index (χ1) is 19.3. The van der Waals surface area contributed by atoms with E-state index in [1.807, 2.05) is 12.1 Å². The smallest absolute Gasteiger partial charge is 0.168 e.